The molecule has 0 aliphatic rings. The number of rotatable bonds is 6. The summed E-state index contributed by atoms with van der Waals surface area (Å²) in [5, 5.41) is 2.91. The zero-order chi connectivity index (χ0) is 14.5. The van der Waals surface area contributed by atoms with Crippen molar-refractivity contribution in [3.8, 4) is 5.75 Å². The van der Waals surface area contributed by atoms with Crippen molar-refractivity contribution in [2.45, 2.75) is 25.8 Å². The standard InChI is InChI=1S/C14H20FNO3/c1-10-5-6-11(15)9-12(10)19-8-7-14(2,16-3)13(17)18-4/h5-6,9,16H,7-8H2,1-4H3. The summed E-state index contributed by atoms with van der Waals surface area (Å²) in [5.41, 5.74) is 0.0429. The lowest BCUT2D eigenvalue weighted by Crippen LogP contribution is -2.49. The first kappa shape index (κ1) is 15.4. The fraction of sp³-hybridized carbons (Fsp3) is 0.500. The molecule has 1 N–H and O–H groups in total. The number of esters is 1. The van der Waals surface area contributed by atoms with Crippen LogP contribution >= 0.6 is 0 Å². The molecule has 19 heavy (non-hydrogen) atoms. The lowest BCUT2D eigenvalue weighted by Gasteiger charge is -2.26. The van der Waals surface area contributed by atoms with Gasteiger partial charge in [0, 0.05) is 12.5 Å². The lowest BCUT2D eigenvalue weighted by molar-refractivity contribution is -0.148. The Morgan fingerprint density at radius 2 is 2.16 bits per heavy atom. The highest BCUT2D eigenvalue weighted by atomic mass is 19.1. The number of halogens is 1. The number of methoxy groups -OCH3 is 1. The molecule has 1 atom stereocenters. The number of hydrogen-bond donors (Lipinski definition) is 1. The molecule has 0 aliphatic heterocycles. The van der Waals surface area contributed by atoms with E-state index in [1.54, 1.807) is 20.0 Å². The number of benzene rings is 1. The highest BCUT2D eigenvalue weighted by Gasteiger charge is 2.32. The van der Waals surface area contributed by atoms with E-state index in [1.807, 2.05) is 6.92 Å². The normalized spacial score (nSPS) is 13.7. The molecule has 1 aromatic carbocycles. The highest BCUT2D eigenvalue weighted by molar-refractivity contribution is 5.80. The van der Waals surface area contributed by atoms with Crippen molar-refractivity contribution in [1.29, 1.82) is 0 Å². The second kappa shape index (κ2) is 6.52. The van der Waals surface area contributed by atoms with Gasteiger partial charge in [-0.2, -0.15) is 0 Å². The largest absolute Gasteiger partial charge is 0.493 e. The van der Waals surface area contributed by atoms with Gasteiger partial charge < -0.3 is 14.8 Å². The maximum absolute atomic E-state index is 13.1. The predicted molar refractivity (Wildman–Crippen MR) is 70.7 cm³/mol. The van der Waals surface area contributed by atoms with Gasteiger partial charge >= 0.3 is 5.97 Å². The molecule has 1 unspecified atom stereocenters. The molecule has 0 aliphatic carbocycles. The van der Waals surface area contributed by atoms with Gasteiger partial charge in [0.15, 0.2) is 0 Å². The van der Waals surface area contributed by atoms with Crippen molar-refractivity contribution in [3.63, 3.8) is 0 Å². The minimum Gasteiger partial charge on any atom is -0.493 e. The molecule has 0 spiro atoms. The van der Waals surface area contributed by atoms with Gasteiger partial charge in [0.1, 0.15) is 17.1 Å². The third kappa shape index (κ3) is 3.92. The number of aryl methyl sites for hydroxylation is 1. The van der Waals surface area contributed by atoms with Crippen LogP contribution in [0.2, 0.25) is 0 Å². The highest BCUT2D eigenvalue weighted by Crippen LogP contribution is 2.20. The van der Waals surface area contributed by atoms with Crippen LogP contribution in [-0.4, -0.2) is 32.3 Å². The summed E-state index contributed by atoms with van der Waals surface area (Å²) in [4.78, 5) is 11.6. The number of nitrogens with one attached hydrogen (secondary N) is 1. The smallest absolute Gasteiger partial charge is 0.325 e. The summed E-state index contributed by atoms with van der Waals surface area (Å²) in [7, 11) is 3.03. The Balaban J connectivity index is 2.62. The van der Waals surface area contributed by atoms with E-state index in [0.717, 1.165) is 5.56 Å². The van der Waals surface area contributed by atoms with Gasteiger partial charge in [0.05, 0.1) is 13.7 Å². The van der Waals surface area contributed by atoms with E-state index < -0.39 is 5.54 Å². The molecule has 0 heterocycles. The average molecular weight is 269 g/mol. The van der Waals surface area contributed by atoms with Crippen molar-refractivity contribution in [2.24, 2.45) is 0 Å². The van der Waals surface area contributed by atoms with Crippen LogP contribution in [0.3, 0.4) is 0 Å². The van der Waals surface area contributed by atoms with Gasteiger partial charge in [-0.3, -0.25) is 4.79 Å². The quantitative estimate of drug-likeness (QED) is 0.803. The topological polar surface area (TPSA) is 47.6 Å². The number of hydrogen-bond acceptors (Lipinski definition) is 4. The van der Waals surface area contributed by atoms with E-state index in [-0.39, 0.29) is 18.4 Å². The number of carbonyl (C=O) groups excluding carboxylic acids is 1. The maximum atomic E-state index is 13.1. The van der Waals surface area contributed by atoms with Crippen LogP contribution in [0, 0.1) is 12.7 Å². The first-order valence-corrected chi connectivity index (χ1v) is 6.09. The average Bonchev–Trinajstić information content (AvgIpc) is 2.41. The van der Waals surface area contributed by atoms with Gasteiger partial charge in [0.25, 0.3) is 0 Å². The molecule has 0 bridgehead atoms. The van der Waals surface area contributed by atoms with Crippen LogP contribution < -0.4 is 10.1 Å². The van der Waals surface area contributed by atoms with E-state index in [4.69, 9.17) is 9.47 Å². The van der Waals surface area contributed by atoms with Crippen LogP contribution in [0.1, 0.15) is 18.9 Å². The van der Waals surface area contributed by atoms with Crippen LogP contribution in [-0.2, 0) is 9.53 Å². The van der Waals surface area contributed by atoms with Crippen LogP contribution in [0.15, 0.2) is 18.2 Å². The molecule has 1 rings (SSSR count). The minimum absolute atomic E-state index is 0.288. The molecular formula is C14H20FNO3. The van der Waals surface area contributed by atoms with Crippen LogP contribution in [0.5, 0.6) is 5.75 Å². The van der Waals surface area contributed by atoms with Gasteiger partial charge in [-0.15, -0.1) is 0 Å². The molecule has 0 saturated carbocycles. The van der Waals surface area contributed by atoms with Crippen LogP contribution in [0.4, 0.5) is 4.39 Å². The SMILES string of the molecule is CNC(C)(CCOc1cc(F)ccc1C)C(=O)OC. The fourth-order valence-electron chi connectivity index (χ4n) is 1.65. The van der Waals surface area contributed by atoms with Gasteiger partial charge in [-0.25, -0.2) is 4.39 Å². The van der Waals surface area contributed by atoms with Crippen molar-refractivity contribution >= 4 is 5.97 Å². The predicted octanol–water partition coefficient (Wildman–Crippen LogP) is 2.05. The Kier molecular flexibility index (Phi) is 5.30. The van der Waals surface area contributed by atoms with Crippen LogP contribution in [0.25, 0.3) is 0 Å². The van der Waals surface area contributed by atoms with E-state index in [9.17, 15) is 9.18 Å². The Labute approximate surface area is 112 Å². The second-order valence-electron chi connectivity index (χ2n) is 4.58. The molecule has 106 valence electrons. The van der Waals surface area contributed by atoms with E-state index in [0.29, 0.717) is 12.2 Å². The van der Waals surface area contributed by atoms with Crippen molar-refractivity contribution in [3.05, 3.63) is 29.6 Å². The molecule has 1 aromatic rings. The molecule has 5 heteroatoms. The van der Waals surface area contributed by atoms with Crippen molar-refractivity contribution < 1.29 is 18.7 Å². The summed E-state index contributed by atoms with van der Waals surface area (Å²) in [6.07, 6.45) is 0.423. The zero-order valence-electron chi connectivity index (χ0n) is 11.7. The minimum atomic E-state index is -0.810. The van der Waals surface area contributed by atoms with Gasteiger partial charge in [-0.05, 0) is 32.5 Å². The summed E-state index contributed by atoms with van der Waals surface area (Å²) >= 11 is 0. The summed E-state index contributed by atoms with van der Waals surface area (Å²) in [6.45, 7) is 3.86. The second-order valence-corrected chi connectivity index (χ2v) is 4.58. The first-order chi connectivity index (χ1) is 8.92. The lowest BCUT2D eigenvalue weighted by atomic mass is 9.99. The monoisotopic (exact) mass is 269 g/mol. The molecular weight excluding hydrogens is 249 g/mol. The third-order valence-corrected chi connectivity index (χ3v) is 3.20. The molecule has 0 fully saturated rings. The Hall–Kier alpha value is -1.62. The van der Waals surface area contributed by atoms with E-state index in [1.165, 1.54) is 19.2 Å². The van der Waals surface area contributed by atoms with E-state index >= 15 is 0 Å². The summed E-state index contributed by atoms with van der Waals surface area (Å²) < 4.78 is 23.3. The molecule has 0 radical (unpaired) electrons. The molecule has 4 nitrogen and oxygen atoms in total. The fourth-order valence-corrected chi connectivity index (χ4v) is 1.65. The number of likely N-dealkylation sites (N-methyl/N-ethyl adjacent to an activating group) is 1. The summed E-state index contributed by atoms with van der Waals surface area (Å²) in [5.74, 6) is -0.206. The van der Waals surface area contributed by atoms with Crippen molar-refractivity contribution in [1.82, 2.24) is 5.32 Å². The number of carbonyl (C=O) groups is 1. The Morgan fingerprint density at radius 1 is 1.47 bits per heavy atom. The van der Waals surface area contributed by atoms with Crippen molar-refractivity contribution in [2.75, 3.05) is 20.8 Å². The van der Waals surface area contributed by atoms with Gasteiger partial charge in [0.2, 0.25) is 0 Å². The van der Waals surface area contributed by atoms with Gasteiger partial charge in [-0.1, -0.05) is 6.07 Å². The molecule has 0 aromatic heterocycles. The first-order valence-electron chi connectivity index (χ1n) is 6.09. The third-order valence-electron chi connectivity index (χ3n) is 3.20. The zero-order valence-corrected chi connectivity index (χ0v) is 11.7. The maximum Gasteiger partial charge on any atom is 0.325 e. The molecule has 0 saturated heterocycles. The summed E-state index contributed by atoms with van der Waals surface area (Å²) in [6, 6.07) is 4.38. The van der Waals surface area contributed by atoms with E-state index in [2.05, 4.69) is 5.32 Å². The Bertz CT molecular complexity index is 450. The Morgan fingerprint density at radius 3 is 2.74 bits per heavy atom. The molecule has 0 amide bonds. The number of ether oxygens (including phenoxy) is 2.